The summed E-state index contributed by atoms with van der Waals surface area (Å²) < 4.78 is 11.0. The minimum Gasteiger partial charge on any atom is -0.490 e. The van der Waals surface area contributed by atoms with Crippen molar-refractivity contribution in [1.82, 2.24) is 0 Å². The van der Waals surface area contributed by atoms with Gasteiger partial charge in [0.15, 0.2) is 11.5 Å². The zero-order valence-corrected chi connectivity index (χ0v) is 9.40. The van der Waals surface area contributed by atoms with Gasteiger partial charge in [-0.05, 0) is 25.5 Å². The lowest BCUT2D eigenvalue weighted by Crippen LogP contribution is -1.98. The molecular formula is C13H18O2. The lowest BCUT2D eigenvalue weighted by molar-refractivity contribution is 0.295. The fourth-order valence-electron chi connectivity index (χ4n) is 1.13. The van der Waals surface area contributed by atoms with Gasteiger partial charge in [-0.1, -0.05) is 31.6 Å². The second-order valence-corrected chi connectivity index (χ2v) is 3.24. The van der Waals surface area contributed by atoms with Crippen LogP contribution in [0.4, 0.5) is 0 Å². The molecule has 1 aromatic rings. The van der Waals surface area contributed by atoms with Gasteiger partial charge >= 0.3 is 0 Å². The first-order valence-corrected chi connectivity index (χ1v) is 5.38. The van der Waals surface area contributed by atoms with E-state index in [1.54, 1.807) is 6.26 Å². The van der Waals surface area contributed by atoms with Crippen LogP contribution < -0.4 is 9.47 Å². The van der Waals surface area contributed by atoms with Crippen molar-refractivity contribution < 1.29 is 9.47 Å². The average Bonchev–Trinajstić information content (AvgIpc) is 2.28. The van der Waals surface area contributed by atoms with Crippen molar-refractivity contribution in [3.05, 3.63) is 36.6 Å². The van der Waals surface area contributed by atoms with Crippen molar-refractivity contribution in [2.45, 2.75) is 26.7 Å². The molecule has 82 valence electrons. The summed E-state index contributed by atoms with van der Waals surface area (Å²) in [5, 5.41) is 0. The third kappa shape index (κ3) is 4.07. The standard InChI is InChI=1S/C13H18O2/c1-3-5-11-15-13-9-7-6-8-12(13)14-10-4-2/h4,6-10H,3,5,11H2,1-2H3/b10-4-. The molecule has 2 heteroatoms. The number of rotatable bonds is 6. The molecule has 0 aliphatic rings. The summed E-state index contributed by atoms with van der Waals surface area (Å²) in [5.74, 6) is 1.58. The maximum atomic E-state index is 5.62. The van der Waals surface area contributed by atoms with Crippen LogP contribution in [0.3, 0.4) is 0 Å². The molecular weight excluding hydrogens is 188 g/mol. The van der Waals surface area contributed by atoms with Crippen molar-refractivity contribution in [3.63, 3.8) is 0 Å². The smallest absolute Gasteiger partial charge is 0.168 e. The maximum Gasteiger partial charge on any atom is 0.168 e. The molecule has 0 unspecified atom stereocenters. The molecule has 0 heterocycles. The molecule has 15 heavy (non-hydrogen) atoms. The van der Waals surface area contributed by atoms with Crippen molar-refractivity contribution in [2.75, 3.05) is 6.61 Å². The second-order valence-electron chi connectivity index (χ2n) is 3.24. The first-order valence-electron chi connectivity index (χ1n) is 5.38. The van der Waals surface area contributed by atoms with E-state index in [0.717, 1.165) is 30.9 Å². The Morgan fingerprint density at radius 1 is 1.20 bits per heavy atom. The third-order valence-corrected chi connectivity index (χ3v) is 1.94. The highest BCUT2D eigenvalue weighted by Gasteiger charge is 2.01. The van der Waals surface area contributed by atoms with Gasteiger partial charge in [0, 0.05) is 0 Å². The Kier molecular flexibility index (Phi) is 5.38. The highest BCUT2D eigenvalue weighted by molar-refractivity contribution is 5.39. The molecule has 1 rings (SSSR count). The summed E-state index contributed by atoms with van der Waals surface area (Å²) in [6.45, 7) is 4.80. The average molecular weight is 206 g/mol. The summed E-state index contributed by atoms with van der Waals surface area (Å²) in [5.41, 5.74) is 0. The topological polar surface area (TPSA) is 18.5 Å². The molecule has 0 saturated heterocycles. The molecule has 2 nitrogen and oxygen atoms in total. The Morgan fingerprint density at radius 2 is 1.93 bits per heavy atom. The fourth-order valence-corrected chi connectivity index (χ4v) is 1.13. The highest BCUT2D eigenvalue weighted by atomic mass is 16.5. The van der Waals surface area contributed by atoms with Gasteiger partial charge in [0.25, 0.3) is 0 Å². The molecule has 1 aromatic carbocycles. The van der Waals surface area contributed by atoms with Crippen LogP contribution in [0.25, 0.3) is 0 Å². The quantitative estimate of drug-likeness (QED) is 0.521. The Labute approximate surface area is 91.5 Å². The second kappa shape index (κ2) is 6.93. The molecule has 0 aliphatic heterocycles. The Balaban J connectivity index is 2.59. The monoisotopic (exact) mass is 206 g/mol. The molecule has 0 bridgehead atoms. The van der Waals surface area contributed by atoms with Crippen LogP contribution in [0, 0.1) is 0 Å². The molecule has 0 spiro atoms. The number of unbranched alkanes of at least 4 members (excludes halogenated alkanes) is 1. The number of ether oxygens (including phenoxy) is 2. The number of hydrogen-bond acceptors (Lipinski definition) is 2. The fraction of sp³-hybridized carbons (Fsp3) is 0.385. The van der Waals surface area contributed by atoms with E-state index in [1.165, 1.54) is 0 Å². The summed E-state index contributed by atoms with van der Waals surface area (Å²) in [4.78, 5) is 0. The predicted molar refractivity (Wildman–Crippen MR) is 62.3 cm³/mol. The van der Waals surface area contributed by atoms with Crippen molar-refractivity contribution in [3.8, 4) is 11.5 Å². The summed E-state index contributed by atoms with van der Waals surface area (Å²) in [6.07, 6.45) is 5.71. The van der Waals surface area contributed by atoms with Gasteiger partial charge in [0.05, 0.1) is 12.9 Å². The number of allylic oxidation sites excluding steroid dienone is 1. The molecule has 0 fully saturated rings. The number of para-hydroxylation sites is 2. The van der Waals surface area contributed by atoms with E-state index in [2.05, 4.69) is 6.92 Å². The van der Waals surface area contributed by atoms with Gasteiger partial charge in [-0.25, -0.2) is 0 Å². The third-order valence-electron chi connectivity index (χ3n) is 1.94. The molecule has 0 amide bonds. The minimum absolute atomic E-state index is 0.743. The SMILES string of the molecule is C/C=C\Oc1ccccc1OCCCC. The van der Waals surface area contributed by atoms with E-state index in [0.29, 0.717) is 0 Å². The zero-order valence-electron chi connectivity index (χ0n) is 9.40. The van der Waals surface area contributed by atoms with Gasteiger partial charge in [-0.15, -0.1) is 0 Å². The normalized spacial score (nSPS) is 10.5. The Bertz CT molecular complexity index is 305. The maximum absolute atomic E-state index is 5.62. The van der Waals surface area contributed by atoms with Crippen LogP contribution >= 0.6 is 0 Å². The van der Waals surface area contributed by atoms with Gasteiger partial charge < -0.3 is 9.47 Å². The Morgan fingerprint density at radius 3 is 2.60 bits per heavy atom. The first kappa shape index (κ1) is 11.6. The highest BCUT2D eigenvalue weighted by Crippen LogP contribution is 2.26. The molecule has 0 N–H and O–H groups in total. The minimum atomic E-state index is 0.743. The number of benzene rings is 1. The van der Waals surface area contributed by atoms with Gasteiger partial charge in [-0.3, -0.25) is 0 Å². The van der Waals surface area contributed by atoms with Gasteiger partial charge in [0.1, 0.15) is 0 Å². The van der Waals surface area contributed by atoms with Gasteiger partial charge in [-0.2, -0.15) is 0 Å². The Hall–Kier alpha value is -1.44. The van der Waals surface area contributed by atoms with Crippen LogP contribution in [0.2, 0.25) is 0 Å². The lowest BCUT2D eigenvalue weighted by atomic mass is 10.3. The van der Waals surface area contributed by atoms with E-state index in [9.17, 15) is 0 Å². The summed E-state index contributed by atoms with van der Waals surface area (Å²) in [6, 6.07) is 7.71. The van der Waals surface area contributed by atoms with E-state index in [-0.39, 0.29) is 0 Å². The van der Waals surface area contributed by atoms with Crippen molar-refractivity contribution in [2.24, 2.45) is 0 Å². The summed E-state index contributed by atoms with van der Waals surface area (Å²) in [7, 11) is 0. The summed E-state index contributed by atoms with van der Waals surface area (Å²) >= 11 is 0. The van der Waals surface area contributed by atoms with E-state index in [4.69, 9.17) is 9.47 Å². The van der Waals surface area contributed by atoms with Gasteiger partial charge in [0.2, 0.25) is 0 Å². The largest absolute Gasteiger partial charge is 0.490 e. The van der Waals surface area contributed by atoms with E-state index >= 15 is 0 Å². The van der Waals surface area contributed by atoms with E-state index < -0.39 is 0 Å². The molecule has 0 aromatic heterocycles. The first-order chi connectivity index (χ1) is 7.38. The van der Waals surface area contributed by atoms with Crippen LogP contribution in [-0.2, 0) is 0 Å². The molecule has 0 saturated carbocycles. The van der Waals surface area contributed by atoms with Crippen molar-refractivity contribution in [1.29, 1.82) is 0 Å². The van der Waals surface area contributed by atoms with Crippen LogP contribution in [0.5, 0.6) is 11.5 Å². The zero-order chi connectivity index (χ0) is 10.9. The van der Waals surface area contributed by atoms with Crippen LogP contribution in [0.1, 0.15) is 26.7 Å². The van der Waals surface area contributed by atoms with Crippen molar-refractivity contribution >= 4 is 0 Å². The van der Waals surface area contributed by atoms with Crippen LogP contribution in [0.15, 0.2) is 36.6 Å². The molecule has 0 radical (unpaired) electrons. The number of hydrogen-bond donors (Lipinski definition) is 0. The van der Waals surface area contributed by atoms with E-state index in [1.807, 2.05) is 37.3 Å². The lowest BCUT2D eigenvalue weighted by Gasteiger charge is -2.09. The van der Waals surface area contributed by atoms with Crippen LogP contribution in [-0.4, -0.2) is 6.61 Å². The molecule has 0 atom stereocenters. The predicted octanol–water partition coefficient (Wildman–Crippen LogP) is 3.78. The molecule has 0 aliphatic carbocycles.